The molecule has 0 amide bonds. The van der Waals surface area contributed by atoms with Crippen LogP contribution in [0.15, 0.2) is 52.6 Å². The second-order valence-corrected chi connectivity index (χ2v) is 9.63. The van der Waals surface area contributed by atoms with Gasteiger partial charge in [0.05, 0.1) is 19.0 Å². The molecule has 0 radical (unpaired) electrons. The van der Waals surface area contributed by atoms with Crippen LogP contribution in [0.5, 0.6) is 0 Å². The molecule has 3 heterocycles. The molecule has 0 bridgehead atoms. The summed E-state index contributed by atoms with van der Waals surface area (Å²) in [6, 6.07) is 0. The van der Waals surface area contributed by atoms with Crippen molar-refractivity contribution in [2.24, 2.45) is 5.41 Å². The second kappa shape index (κ2) is 6.64. The van der Waals surface area contributed by atoms with Gasteiger partial charge in [0.25, 0.3) is 0 Å². The highest BCUT2D eigenvalue weighted by Gasteiger charge is 2.54. The molecule has 0 saturated carbocycles. The molecule has 2 atom stereocenters. The summed E-state index contributed by atoms with van der Waals surface area (Å²) < 4.78 is 13.6. The number of rotatable bonds is 3. The van der Waals surface area contributed by atoms with Crippen molar-refractivity contribution in [3.8, 4) is 0 Å². The molecule has 29 heavy (non-hydrogen) atoms. The monoisotopic (exact) mass is 413 g/mol. The van der Waals surface area contributed by atoms with Crippen LogP contribution >= 0.6 is 11.8 Å². The van der Waals surface area contributed by atoms with Crippen molar-refractivity contribution in [2.75, 3.05) is 19.1 Å². The Bertz CT molecular complexity index is 1010. The fourth-order valence-corrected chi connectivity index (χ4v) is 5.20. The Morgan fingerprint density at radius 2 is 2.00 bits per heavy atom. The number of methoxy groups -OCH3 is 2. The lowest BCUT2D eigenvalue weighted by Crippen LogP contribution is -2.47. The van der Waals surface area contributed by atoms with Crippen LogP contribution in [0.1, 0.15) is 34.6 Å². The van der Waals surface area contributed by atoms with Gasteiger partial charge in [-0.15, -0.1) is 0 Å². The first kappa shape index (κ1) is 20.0. The molecule has 0 fully saturated rings. The van der Waals surface area contributed by atoms with Crippen LogP contribution in [0, 0.1) is 5.41 Å². The molecule has 3 aliphatic rings. The number of nitrogens with zero attached hydrogens (tertiary/aromatic N) is 3. The highest BCUT2D eigenvalue weighted by atomic mass is 32.2. The normalized spacial score (nSPS) is 25.3. The predicted molar refractivity (Wildman–Crippen MR) is 115 cm³/mol. The van der Waals surface area contributed by atoms with Crippen LogP contribution in [-0.4, -0.2) is 40.5 Å². The van der Waals surface area contributed by atoms with Gasteiger partial charge < -0.3 is 9.47 Å². The van der Waals surface area contributed by atoms with Gasteiger partial charge in [0.2, 0.25) is 5.95 Å². The highest BCUT2D eigenvalue weighted by molar-refractivity contribution is 8.13. The molecule has 2 unspecified atom stereocenters. The van der Waals surface area contributed by atoms with Crippen molar-refractivity contribution >= 4 is 28.5 Å². The van der Waals surface area contributed by atoms with Gasteiger partial charge in [-0.2, -0.15) is 0 Å². The first-order valence-corrected chi connectivity index (χ1v) is 10.4. The van der Waals surface area contributed by atoms with Crippen molar-refractivity contribution in [3.05, 3.63) is 47.5 Å². The number of carbonyl (C=O) groups is 1. The van der Waals surface area contributed by atoms with E-state index in [-0.39, 0.29) is 11.2 Å². The van der Waals surface area contributed by atoms with Crippen LogP contribution in [0.25, 0.3) is 5.70 Å². The van der Waals surface area contributed by atoms with E-state index in [9.17, 15) is 4.79 Å². The minimum absolute atomic E-state index is 0.0984. The SMILES string of the molecule is COC1=CC=CC23C=C(C)C(OC)C(C)=C2n2c(SC(=O)C(C)(C)C)cnc2N13. The van der Waals surface area contributed by atoms with Crippen molar-refractivity contribution < 1.29 is 14.3 Å². The largest absolute Gasteiger partial charge is 0.482 e. The first-order valence-electron chi connectivity index (χ1n) is 9.63. The maximum Gasteiger partial charge on any atom is 0.219 e. The van der Waals surface area contributed by atoms with E-state index in [1.165, 1.54) is 11.8 Å². The smallest absolute Gasteiger partial charge is 0.219 e. The van der Waals surface area contributed by atoms with E-state index in [4.69, 9.17) is 14.5 Å². The zero-order chi connectivity index (χ0) is 21.1. The van der Waals surface area contributed by atoms with Gasteiger partial charge in [0, 0.05) is 12.5 Å². The highest BCUT2D eigenvalue weighted by Crippen LogP contribution is 2.54. The molecule has 6 nitrogen and oxygen atoms in total. The Morgan fingerprint density at radius 1 is 1.28 bits per heavy atom. The fraction of sp³-hybridized carbons (Fsp3) is 0.455. The van der Waals surface area contributed by atoms with E-state index in [1.54, 1.807) is 20.4 Å². The Balaban J connectivity index is 1.95. The summed E-state index contributed by atoms with van der Waals surface area (Å²) >= 11 is 1.24. The van der Waals surface area contributed by atoms with Gasteiger partial charge in [-0.1, -0.05) is 26.8 Å². The van der Waals surface area contributed by atoms with Gasteiger partial charge in [-0.05, 0) is 55.0 Å². The van der Waals surface area contributed by atoms with Crippen LogP contribution in [0.4, 0.5) is 5.95 Å². The number of ether oxygens (including phenoxy) is 2. The number of allylic oxidation sites excluding steroid dienone is 2. The lowest BCUT2D eigenvalue weighted by Gasteiger charge is -2.41. The van der Waals surface area contributed by atoms with Crippen LogP contribution in [0.2, 0.25) is 0 Å². The lowest BCUT2D eigenvalue weighted by atomic mass is 9.80. The molecule has 154 valence electrons. The summed E-state index contributed by atoms with van der Waals surface area (Å²) in [6.07, 6.45) is 9.96. The van der Waals surface area contributed by atoms with E-state index in [0.717, 1.165) is 27.8 Å². The summed E-state index contributed by atoms with van der Waals surface area (Å²) in [5.74, 6) is 1.45. The van der Waals surface area contributed by atoms with Crippen molar-refractivity contribution in [1.82, 2.24) is 9.55 Å². The third kappa shape index (κ3) is 2.74. The molecule has 1 aliphatic carbocycles. The molecule has 1 spiro atoms. The van der Waals surface area contributed by atoms with E-state index >= 15 is 0 Å². The standard InChI is InChI=1S/C22H27N3O3S/c1-13-11-22-10-8-9-15(27-6)25(22)20-23-12-16(29-19(26)21(3,4)5)24(20)18(22)14(2)17(13)28-7/h8-12,17H,1-7H3. The van der Waals surface area contributed by atoms with Crippen molar-refractivity contribution in [1.29, 1.82) is 0 Å². The second-order valence-electron chi connectivity index (χ2n) is 8.64. The Hall–Kier alpha value is -2.25. The molecule has 0 aromatic carbocycles. The third-order valence-corrected chi connectivity index (χ3v) is 6.87. The average Bonchev–Trinajstić information content (AvgIpc) is 3.16. The maximum atomic E-state index is 12.8. The van der Waals surface area contributed by atoms with E-state index in [2.05, 4.69) is 35.5 Å². The molecular weight excluding hydrogens is 386 g/mol. The molecule has 0 saturated heterocycles. The Kier molecular flexibility index (Phi) is 4.59. The van der Waals surface area contributed by atoms with Crippen molar-refractivity contribution in [2.45, 2.75) is 51.3 Å². The molecule has 2 aliphatic heterocycles. The van der Waals surface area contributed by atoms with E-state index in [1.807, 2.05) is 32.9 Å². The van der Waals surface area contributed by atoms with Crippen molar-refractivity contribution in [3.63, 3.8) is 0 Å². The van der Waals surface area contributed by atoms with Gasteiger partial charge in [0.15, 0.2) is 11.0 Å². The molecular formula is C22H27N3O3S. The average molecular weight is 414 g/mol. The van der Waals surface area contributed by atoms with Gasteiger partial charge in [-0.3, -0.25) is 14.3 Å². The van der Waals surface area contributed by atoms with Gasteiger partial charge in [-0.25, -0.2) is 4.98 Å². The molecule has 4 rings (SSSR count). The lowest BCUT2D eigenvalue weighted by molar-refractivity contribution is -0.117. The number of aromatic nitrogens is 2. The first-order chi connectivity index (χ1) is 13.7. The minimum atomic E-state index is -0.549. The summed E-state index contributed by atoms with van der Waals surface area (Å²) in [7, 11) is 3.39. The minimum Gasteiger partial charge on any atom is -0.482 e. The Labute approximate surface area is 175 Å². The van der Waals surface area contributed by atoms with E-state index in [0.29, 0.717) is 5.88 Å². The van der Waals surface area contributed by atoms with E-state index < -0.39 is 11.0 Å². The molecule has 7 heteroatoms. The number of hydrogen-bond acceptors (Lipinski definition) is 6. The van der Waals surface area contributed by atoms with Crippen LogP contribution in [0.3, 0.4) is 0 Å². The summed E-state index contributed by atoms with van der Waals surface area (Å²) in [5, 5.41) is 0.899. The summed E-state index contributed by atoms with van der Waals surface area (Å²) in [4.78, 5) is 19.6. The predicted octanol–water partition coefficient (Wildman–Crippen LogP) is 4.37. The maximum absolute atomic E-state index is 12.8. The molecule has 1 aromatic heterocycles. The topological polar surface area (TPSA) is 56.6 Å². The number of thioether (sulfide) groups is 1. The zero-order valence-electron chi connectivity index (χ0n) is 17.9. The molecule has 1 aromatic rings. The Morgan fingerprint density at radius 3 is 2.62 bits per heavy atom. The van der Waals surface area contributed by atoms with Gasteiger partial charge >= 0.3 is 0 Å². The molecule has 0 N–H and O–H groups in total. The number of carbonyl (C=O) groups excluding carboxylic acids is 1. The summed E-state index contributed by atoms with van der Waals surface area (Å²) in [6.45, 7) is 9.97. The van der Waals surface area contributed by atoms with Crippen LogP contribution in [-0.2, 0) is 14.3 Å². The fourth-order valence-electron chi connectivity index (χ4n) is 4.34. The summed E-state index contributed by atoms with van der Waals surface area (Å²) in [5.41, 5.74) is 2.28. The van der Waals surface area contributed by atoms with Crippen LogP contribution < -0.4 is 4.90 Å². The quantitative estimate of drug-likeness (QED) is 0.542. The number of hydrogen-bond donors (Lipinski definition) is 0. The van der Waals surface area contributed by atoms with Gasteiger partial charge in [0.1, 0.15) is 16.7 Å². The zero-order valence-corrected chi connectivity index (χ0v) is 18.8. The third-order valence-electron chi connectivity index (χ3n) is 5.58. The number of fused-ring (bicyclic) bond motifs is 3. The number of imidazole rings is 1. The number of anilines is 1.